The van der Waals surface area contributed by atoms with Crippen molar-refractivity contribution in [1.82, 2.24) is 35.9 Å². The summed E-state index contributed by atoms with van der Waals surface area (Å²) in [6, 6.07) is 7.20. The number of carbonyl (C=O) groups excluding carboxylic acids is 6. The third-order valence-corrected chi connectivity index (χ3v) is 12.0. The zero-order chi connectivity index (χ0) is 56.6. The number of nitrogens with zero attached hydrogens (tertiary/aromatic N) is 4. The summed E-state index contributed by atoms with van der Waals surface area (Å²) in [6.07, 6.45) is -0.284. The molecular formula is C47H59Fm2N10O20P. The van der Waals surface area contributed by atoms with E-state index in [0.717, 1.165) is 11.0 Å². The molecule has 1 aliphatic rings. The molecule has 0 spiro atoms. The Morgan fingerprint density at radius 2 is 1.56 bits per heavy atom. The maximum Gasteiger partial charge on any atom is 0.530 e. The third-order valence-electron chi connectivity index (χ3n) is 10.5. The minimum atomic E-state index is -4.21. The van der Waals surface area contributed by atoms with Crippen molar-refractivity contribution in [2.24, 2.45) is 5.73 Å². The first-order chi connectivity index (χ1) is 37.3. The molecule has 5 rings (SSSR count). The number of hydrogen-bond donors (Lipinski definition) is 8. The predicted molar refractivity (Wildman–Crippen MR) is 268 cm³/mol. The van der Waals surface area contributed by atoms with Gasteiger partial charge in [0.05, 0.1) is 64.3 Å². The average molecular weight is 1630 g/mol. The van der Waals surface area contributed by atoms with E-state index >= 15 is 0 Å². The number of ether oxygens (including phenoxy) is 5. The van der Waals surface area contributed by atoms with Gasteiger partial charge in [-0.3, -0.25) is 47.7 Å². The van der Waals surface area contributed by atoms with Crippen molar-refractivity contribution >= 4 is 78.3 Å². The molecule has 3 heterocycles. The number of nitrogens with one attached hydrogen (secondary N) is 4. The summed E-state index contributed by atoms with van der Waals surface area (Å²) in [4.78, 5) is 128. The number of phosphoric ester groups is 1. The number of benzene rings is 2. The van der Waals surface area contributed by atoms with Crippen molar-refractivity contribution in [2.75, 3.05) is 70.2 Å². The summed E-state index contributed by atoms with van der Waals surface area (Å²) in [5.41, 5.74) is 10.0. The number of aromatic amines is 1. The average Bonchev–Trinajstić information content (AvgIpc) is 3.39. The molecule has 4 aromatic rings. The first-order valence-electron chi connectivity index (χ1n) is 24.1. The Labute approximate surface area is 443 Å². The van der Waals surface area contributed by atoms with Crippen molar-refractivity contribution in [3.63, 3.8) is 0 Å². The van der Waals surface area contributed by atoms with Gasteiger partial charge in [-0.15, -0.1) is 0 Å². The number of rotatable bonds is 31. The Morgan fingerprint density at radius 1 is 0.863 bits per heavy atom. The fourth-order valence-electron chi connectivity index (χ4n) is 6.74. The number of amides is 4. The number of anilines is 2. The van der Waals surface area contributed by atoms with Gasteiger partial charge in [0.2, 0.25) is 24.6 Å². The Balaban J connectivity index is 0.00000840. The molecule has 30 nitrogen and oxygen atoms in total. The first kappa shape index (κ1) is 64.1. The molecule has 446 valence electrons. The third kappa shape index (κ3) is 21.1. The standard InChI is InChI=1S/C47H59N10O20P.2Fm/c1-28(48)22-37(59)51-15-19-71-21-20-70-16-2-14-50-36(58)11-9-34(44(65)66)54-42(63)30-5-7-32(8-6-30)57(25-31-24-52-41-40(53-31)43(64)56-46(49)55-41)47(68)72-26-29-4-10-35(77-78(69)75-17-3-18-76-78)33(23-29)45(67)74-27-73-39(62)13-12-38(60)61;;/h4-8,10,23-24,28,34H,2-3,9,11-22,25-27,48H2,1H3,(H,50,58)(H,51,59)(H,54,63)(H,60,61)(H,65,66)(H3,49,52,55,56,64);;. The Bertz CT molecular complexity index is 2870. The molecule has 2 aromatic carbocycles. The molecule has 0 radical (unpaired) electrons. The van der Waals surface area contributed by atoms with Crippen LogP contribution in [0.5, 0.6) is 5.75 Å². The van der Waals surface area contributed by atoms with E-state index in [1.54, 1.807) is 6.92 Å². The van der Waals surface area contributed by atoms with Gasteiger partial charge in [0.15, 0.2) is 11.2 Å². The number of nitrogens with two attached hydrogens (primary N) is 2. The van der Waals surface area contributed by atoms with Gasteiger partial charge >= 0.3 is 37.8 Å². The summed E-state index contributed by atoms with van der Waals surface area (Å²) >= 11 is 0. The van der Waals surface area contributed by atoms with E-state index in [2.05, 4.69) is 35.9 Å². The van der Waals surface area contributed by atoms with Gasteiger partial charge in [-0.25, -0.2) is 28.9 Å². The van der Waals surface area contributed by atoms with Crippen molar-refractivity contribution in [1.29, 1.82) is 0 Å². The molecule has 0 aliphatic carbocycles. The largest absolute Gasteiger partial charge is 0.530 e. The molecular weight excluding hydrogens is 1570 g/mol. The molecule has 0 saturated carbocycles. The maximum absolute atomic E-state index is 14.0. The van der Waals surface area contributed by atoms with Crippen LogP contribution in [0.25, 0.3) is 11.2 Å². The van der Waals surface area contributed by atoms with Gasteiger partial charge < -0.3 is 65.8 Å². The van der Waals surface area contributed by atoms with Crippen molar-refractivity contribution in [3.05, 3.63) is 81.4 Å². The quantitative estimate of drug-likeness (QED) is 0.0153. The summed E-state index contributed by atoms with van der Waals surface area (Å²) in [5, 5.41) is 26.5. The fourth-order valence-corrected chi connectivity index (χ4v) is 8.02. The van der Waals surface area contributed by atoms with Crippen LogP contribution in [0.15, 0.2) is 53.5 Å². The number of fused-ring (bicyclic) bond motifs is 1. The van der Waals surface area contributed by atoms with Crippen LogP contribution >= 0.6 is 7.82 Å². The minimum Gasteiger partial charge on any atom is -0.481 e. The van der Waals surface area contributed by atoms with Crippen LogP contribution < -0.4 is 42.4 Å². The van der Waals surface area contributed by atoms with E-state index in [-0.39, 0.29) is 96.3 Å². The van der Waals surface area contributed by atoms with E-state index in [0.29, 0.717) is 45.8 Å². The topological polar surface area (TPSA) is 431 Å². The van der Waals surface area contributed by atoms with Gasteiger partial charge in [-0.1, -0.05) is 6.07 Å². The Morgan fingerprint density at radius 3 is 2.25 bits per heavy atom. The summed E-state index contributed by atoms with van der Waals surface area (Å²) in [5.74, 6) is -6.83. The van der Waals surface area contributed by atoms with Crippen LogP contribution in [-0.2, 0) is 74.4 Å². The van der Waals surface area contributed by atoms with E-state index in [9.17, 15) is 52.8 Å². The number of carbonyl (C=O) groups is 8. The number of hydrogen-bond acceptors (Lipinski definition) is 23. The van der Waals surface area contributed by atoms with Gasteiger partial charge in [-0.2, -0.15) is 4.98 Å². The van der Waals surface area contributed by atoms with Crippen molar-refractivity contribution < 1.29 is 90.4 Å². The van der Waals surface area contributed by atoms with Crippen LogP contribution in [0.4, 0.5) is 16.4 Å². The van der Waals surface area contributed by atoms with E-state index < -0.39 is 99.6 Å². The normalized spacial score (nSPS) is 13.2. The summed E-state index contributed by atoms with van der Waals surface area (Å²) in [7, 11) is -4.21. The molecule has 4 amide bonds. The summed E-state index contributed by atoms with van der Waals surface area (Å²) in [6.45, 7) is 1.63. The minimum absolute atomic E-state index is 0. The molecule has 2 aromatic heterocycles. The zero-order valence-electron chi connectivity index (χ0n) is 42.7. The molecule has 1 saturated heterocycles. The SMILES string of the molecule is CC(N)CC(=O)NCCOCCOCCCNC(=O)CCC(NC(=O)c1ccc(N(Cc2cnc3nc(N)[nH]c(=O)c3n2)C(=O)OCc2ccc(OP3(=O)OCCCO3)c(C(=O)OCOC(=O)CCC(=O)O)c2)cc1)C(=O)O.[Fm].[Fm]. The number of phosphoric acid groups is 1. The zero-order valence-corrected chi connectivity index (χ0v) is 48.4. The van der Waals surface area contributed by atoms with E-state index in [4.69, 9.17) is 53.8 Å². The number of esters is 2. The molecule has 2 unspecified atom stereocenters. The van der Waals surface area contributed by atoms with E-state index in [1.165, 1.54) is 42.6 Å². The van der Waals surface area contributed by atoms with Gasteiger partial charge in [0.25, 0.3) is 11.5 Å². The van der Waals surface area contributed by atoms with Crippen LogP contribution in [0.2, 0.25) is 0 Å². The van der Waals surface area contributed by atoms with Crippen LogP contribution in [-0.4, -0.2) is 149 Å². The van der Waals surface area contributed by atoms with Gasteiger partial charge in [0.1, 0.15) is 24.0 Å². The maximum atomic E-state index is 14.0. The van der Waals surface area contributed by atoms with Crippen LogP contribution in [0.1, 0.15) is 83.8 Å². The number of aromatic nitrogens is 4. The van der Waals surface area contributed by atoms with E-state index in [1.807, 2.05) is 0 Å². The van der Waals surface area contributed by atoms with Gasteiger partial charge in [-0.05, 0) is 68.1 Å². The first-order valence-corrected chi connectivity index (χ1v) is 25.5. The van der Waals surface area contributed by atoms with Gasteiger partial charge in [0, 0.05) is 49.8 Å². The fraction of sp³-hybridized carbons (Fsp3) is 0.447. The number of H-pyrrole nitrogens is 1. The van der Waals surface area contributed by atoms with Crippen LogP contribution in [0.3, 0.4) is 0 Å². The second kappa shape index (κ2) is 31.8. The monoisotopic (exact) mass is 1630 g/mol. The second-order valence-electron chi connectivity index (χ2n) is 16.9. The molecule has 1 fully saturated rings. The Hall–Kier alpha value is -10.2. The van der Waals surface area contributed by atoms with Crippen molar-refractivity contribution in [3.8, 4) is 5.75 Å². The second-order valence-corrected chi connectivity index (χ2v) is 18.5. The molecule has 0 bridgehead atoms. The molecule has 2 atom stereocenters. The summed E-state index contributed by atoms with van der Waals surface area (Å²) < 4.78 is 55.3. The molecule has 10 N–H and O–H groups in total. The smallest absolute Gasteiger partial charge is 0.481 e. The van der Waals surface area contributed by atoms with Crippen molar-refractivity contribution in [2.45, 2.75) is 77.1 Å². The predicted octanol–water partition coefficient (Wildman–Crippen LogP) is 1.44. The number of carboxylic acids is 2. The number of nitrogen functional groups attached to an aromatic ring is 1. The molecule has 33 heteroatoms. The number of carboxylic acid groups (broad SMARTS) is 2. The molecule has 80 heavy (non-hydrogen) atoms. The Kier molecular flexibility index (Phi) is 25.5. The van der Waals surface area contributed by atoms with Crippen LogP contribution in [0, 0.1) is 0 Å². The molecule has 1 aliphatic heterocycles. The number of aliphatic carboxylic acids is 2.